The molecule has 112 valence electrons. The average Bonchev–Trinajstić information content (AvgIpc) is 2.12. The summed E-state index contributed by atoms with van der Waals surface area (Å²) in [6.45, 7) is 5.49. The van der Waals surface area contributed by atoms with E-state index in [4.69, 9.17) is 5.11 Å². The van der Waals surface area contributed by atoms with Crippen LogP contribution >= 0.6 is 0 Å². The van der Waals surface area contributed by atoms with Gasteiger partial charge in [-0.15, -0.1) is 0 Å². The Balaban J connectivity index is 5.18. The molecule has 0 aromatic rings. The number of aliphatic hydroxyl groups is 1. The van der Waals surface area contributed by atoms with Crippen molar-refractivity contribution in [2.24, 2.45) is 0 Å². The average molecular weight is 294 g/mol. The molecule has 0 saturated carbocycles. The Bertz CT molecular complexity index is 341. The Labute approximate surface area is 104 Å². The van der Waals surface area contributed by atoms with Crippen molar-refractivity contribution in [2.45, 2.75) is 44.3 Å². The van der Waals surface area contributed by atoms with Gasteiger partial charge in [-0.1, -0.05) is 6.58 Å². The molecule has 0 saturated heterocycles. The van der Waals surface area contributed by atoms with Crippen LogP contribution in [0.3, 0.4) is 0 Å². The van der Waals surface area contributed by atoms with Gasteiger partial charge in [0.1, 0.15) is 0 Å². The standard InChI is InChI=1S/C10H12F6O3/c1-5(2)19-7(17)6(3)4-8(18,9(11,12)13)10(14,15)16/h5,18H,3-4H2,1-2H3. The third kappa shape index (κ3) is 4.12. The van der Waals surface area contributed by atoms with E-state index in [0.29, 0.717) is 0 Å². The molecule has 3 nitrogen and oxygen atoms in total. The Morgan fingerprint density at radius 1 is 1.16 bits per heavy atom. The van der Waals surface area contributed by atoms with Crippen molar-refractivity contribution >= 4 is 5.97 Å². The van der Waals surface area contributed by atoms with E-state index in [1.54, 1.807) is 0 Å². The first-order valence-electron chi connectivity index (χ1n) is 4.97. The zero-order chi connectivity index (χ0) is 15.6. The molecule has 0 aliphatic rings. The SMILES string of the molecule is C=C(CC(O)(C(F)(F)F)C(F)(F)F)C(=O)OC(C)C. The van der Waals surface area contributed by atoms with E-state index in [0.717, 1.165) is 0 Å². The third-order valence-electron chi connectivity index (χ3n) is 2.04. The first-order chi connectivity index (χ1) is 8.22. The van der Waals surface area contributed by atoms with E-state index in [1.165, 1.54) is 13.8 Å². The molecule has 0 aliphatic heterocycles. The second-order valence-corrected chi connectivity index (χ2v) is 4.09. The molecule has 0 amide bonds. The van der Waals surface area contributed by atoms with Gasteiger partial charge in [0.25, 0.3) is 5.60 Å². The van der Waals surface area contributed by atoms with Gasteiger partial charge in [0.05, 0.1) is 6.10 Å². The number of esters is 1. The number of carbonyl (C=O) groups excluding carboxylic acids is 1. The lowest BCUT2D eigenvalue weighted by atomic mass is 9.93. The van der Waals surface area contributed by atoms with Gasteiger partial charge < -0.3 is 9.84 Å². The lowest BCUT2D eigenvalue weighted by molar-refractivity contribution is -0.367. The van der Waals surface area contributed by atoms with E-state index in [-0.39, 0.29) is 0 Å². The summed E-state index contributed by atoms with van der Waals surface area (Å²) in [6, 6.07) is 0. The number of hydrogen-bond donors (Lipinski definition) is 1. The summed E-state index contributed by atoms with van der Waals surface area (Å²) >= 11 is 0. The van der Waals surface area contributed by atoms with E-state index >= 15 is 0 Å². The van der Waals surface area contributed by atoms with E-state index in [2.05, 4.69) is 11.3 Å². The summed E-state index contributed by atoms with van der Waals surface area (Å²) in [7, 11) is 0. The number of hydrogen-bond acceptors (Lipinski definition) is 3. The molecule has 0 spiro atoms. The zero-order valence-electron chi connectivity index (χ0n) is 10.0. The van der Waals surface area contributed by atoms with Gasteiger partial charge in [-0.05, 0) is 13.8 Å². The predicted octanol–water partition coefficient (Wildman–Crippen LogP) is 2.74. The van der Waals surface area contributed by atoms with Crippen molar-refractivity contribution in [2.75, 3.05) is 0 Å². The number of carbonyl (C=O) groups is 1. The Kier molecular flexibility index (Phi) is 5.04. The van der Waals surface area contributed by atoms with Crippen LogP contribution < -0.4 is 0 Å². The zero-order valence-corrected chi connectivity index (χ0v) is 10.0. The summed E-state index contributed by atoms with van der Waals surface area (Å²) in [5.41, 5.74) is -6.15. The number of halogens is 6. The van der Waals surface area contributed by atoms with Crippen molar-refractivity contribution in [1.29, 1.82) is 0 Å². The van der Waals surface area contributed by atoms with Crippen LogP contribution in [0.25, 0.3) is 0 Å². The Hall–Kier alpha value is -1.25. The Morgan fingerprint density at radius 2 is 1.53 bits per heavy atom. The first kappa shape index (κ1) is 17.8. The molecular weight excluding hydrogens is 282 g/mol. The van der Waals surface area contributed by atoms with Gasteiger partial charge in [-0.3, -0.25) is 0 Å². The largest absolute Gasteiger partial charge is 0.460 e. The number of alkyl halides is 6. The maximum absolute atomic E-state index is 12.3. The van der Waals surface area contributed by atoms with Gasteiger partial charge in [0.15, 0.2) is 0 Å². The van der Waals surface area contributed by atoms with Crippen LogP contribution in [0.5, 0.6) is 0 Å². The summed E-state index contributed by atoms with van der Waals surface area (Å²) < 4.78 is 78.3. The van der Waals surface area contributed by atoms with Gasteiger partial charge in [0, 0.05) is 12.0 Å². The molecule has 1 N–H and O–H groups in total. The van der Waals surface area contributed by atoms with Crippen molar-refractivity contribution in [1.82, 2.24) is 0 Å². The van der Waals surface area contributed by atoms with E-state index in [9.17, 15) is 31.1 Å². The van der Waals surface area contributed by atoms with Crippen LogP contribution in [-0.2, 0) is 9.53 Å². The molecule has 19 heavy (non-hydrogen) atoms. The second kappa shape index (κ2) is 5.40. The number of ether oxygens (including phenoxy) is 1. The molecule has 9 heteroatoms. The summed E-state index contributed by atoms with van der Waals surface area (Å²) in [5.74, 6) is -1.43. The first-order valence-corrected chi connectivity index (χ1v) is 4.97. The minimum absolute atomic E-state index is 0.742. The predicted molar refractivity (Wildman–Crippen MR) is 52.0 cm³/mol. The molecule has 0 unspecified atom stereocenters. The summed E-state index contributed by atoms with van der Waals surface area (Å²) in [5, 5.41) is 8.82. The fourth-order valence-electron chi connectivity index (χ4n) is 1.04. The topological polar surface area (TPSA) is 46.5 Å². The molecule has 0 aromatic heterocycles. The normalized spacial score (nSPS) is 13.6. The van der Waals surface area contributed by atoms with Crippen LogP contribution in [0.2, 0.25) is 0 Å². The molecule has 0 bridgehead atoms. The molecule has 0 rings (SSSR count). The molecule has 0 fully saturated rings. The maximum atomic E-state index is 12.3. The van der Waals surface area contributed by atoms with Crippen molar-refractivity contribution in [3.05, 3.63) is 12.2 Å². The highest BCUT2D eigenvalue weighted by atomic mass is 19.4. The smallest absolute Gasteiger partial charge is 0.426 e. The van der Waals surface area contributed by atoms with Gasteiger partial charge in [-0.25, -0.2) is 4.79 Å². The molecule has 0 atom stereocenters. The van der Waals surface area contributed by atoms with Crippen molar-refractivity contribution in [3.8, 4) is 0 Å². The maximum Gasteiger partial charge on any atom is 0.426 e. The van der Waals surface area contributed by atoms with Crippen LogP contribution in [0, 0.1) is 0 Å². The highest BCUT2D eigenvalue weighted by Crippen LogP contribution is 2.46. The highest BCUT2D eigenvalue weighted by Gasteiger charge is 2.70. The van der Waals surface area contributed by atoms with Crippen LogP contribution in [0.15, 0.2) is 12.2 Å². The second-order valence-electron chi connectivity index (χ2n) is 4.09. The number of rotatable bonds is 4. The van der Waals surface area contributed by atoms with Crippen LogP contribution in [0.1, 0.15) is 20.3 Å². The molecule has 0 heterocycles. The summed E-state index contributed by atoms with van der Waals surface area (Å²) in [4.78, 5) is 11.1. The van der Waals surface area contributed by atoms with Crippen LogP contribution in [0.4, 0.5) is 26.3 Å². The van der Waals surface area contributed by atoms with E-state index < -0.39 is 42.0 Å². The quantitative estimate of drug-likeness (QED) is 0.492. The fraction of sp³-hybridized carbons (Fsp3) is 0.700. The highest BCUT2D eigenvalue weighted by molar-refractivity contribution is 5.88. The fourth-order valence-corrected chi connectivity index (χ4v) is 1.04. The van der Waals surface area contributed by atoms with Gasteiger partial charge in [-0.2, -0.15) is 26.3 Å². The Morgan fingerprint density at radius 3 is 1.79 bits per heavy atom. The molecule has 0 aromatic carbocycles. The minimum Gasteiger partial charge on any atom is -0.460 e. The van der Waals surface area contributed by atoms with Crippen molar-refractivity contribution < 1.29 is 41.0 Å². The van der Waals surface area contributed by atoms with Crippen LogP contribution in [-0.4, -0.2) is 35.1 Å². The lowest BCUT2D eigenvalue weighted by Crippen LogP contribution is -2.57. The lowest BCUT2D eigenvalue weighted by Gasteiger charge is -2.32. The molecular formula is C10H12F6O3. The third-order valence-corrected chi connectivity index (χ3v) is 2.04. The van der Waals surface area contributed by atoms with E-state index in [1.807, 2.05) is 0 Å². The summed E-state index contributed by atoms with van der Waals surface area (Å²) in [6.07, 6.45) is -14.8. The van der Waals surface area contributed by atoms with Gasteiger partial charge in [0.2, 0.25) is 0 Å². The minimum atomic E-state index is -5.99. The monoisotopic (exact) mass is 294 g/mol. The molecule has 0 radical (unpaired) electrons. The molecule has 0 aliphatic carbocycles. The van der Waals surface area contributed by atoms with Crippen molar-refractivity contribution in [3.63, 3.8) is 0 Å². The van der Waals surface area contributed by atoms with Gasteiger partial charge >= 0.3 is 18.3 Å².